The molecule has 1 amide bonds. The van der Waals surface area contributed by atoms with Crippen LogP contribution in [0.1, 0.15) is 25.0 Å². The van der Waals surface area contributed by atoms with E-state index in [0.29, 0.717) is 11.4 Å². The molecular formula is C18H18FNO4. The fourth-order valence-electron chi connectivity index (χ4n) is 2.06. The summed E-state index contributed by atoms with van der Waals surface area (Å²) in [5.74, 6) is -0.788. The molecule has 2 rings (SSSR count). The molecule has 0 heterocycles. The van der Waals surface area contributed by atoms with Crippen molar-refractivity contribution in [2.75, 3.05) is 12.4 Å². The molecule has 24 heavy (non-hydrogen) atoms. The largest absolute Gasteiger partial charge is 0.486 e. The molecule has 2 aromatic rings. The molecule has 0 aliphatic heterocycles. The maximum Gasteiger partial charge on any atom is 0.315 e. The molecule has 0 fully saturated rings. The monoisotopic (exact) mass is 331 g/mol. The highest BCUT2D eigenvalue weighted by Gasteiger charge is 2.11. The van der Waals surface area contributed by atoms with Gasteiger partial charge in [0.25, 0.3) is 0 Å². The highest BCUT2D eigenvalue weighted by Crippen LogP contribution is 2.23. The lowest BCUT2D eigenvalue weighted by atomic mass is 10.1. The lowest BCUT2D eigenvalue weighted by molar-refractivity contribution is -0.142. The highest BCUT2D eigenvalue weighted by molar-refractivity contribution is 6.01. The molecule has 6 heteroatoms. The normalized spacial score (nSPS) is 11.5. The minimum atomic E-state index is -0.601. The van der Waals surface area contributed by atoms with Crippen molar-refractivity contribution >= 4 is 17.6 Å². The minimum Gasteiger partial charge on any atom is -0.486 e. The number of hydrogen-bond donors (Lipinski definition) is 1. The second-order valence-electron chi connectivity index (χ2n) is 5.14. The van der Waals surface area contributed by atoms with Crippen molar-refractivity contribution < 1.29 is 23.5 Å². The van der Waals surface area contributed by atoms with E-state index in [1.807, 2.05) is 6.92 Å². The first kappa shape index (κ1) is 17.5. The molecule has 0 aliphatic carbocycles. The highest BCUT2D eigenvalue weighted by atomic mass is 19.1. The van der Waals surface area contributed by atoms with Crippen LogP contribution >= 0.6 is 0 Å². The maximum atomic E-state index is 13.2. The zero-order valence-corrected chi connectivity index (χ0v) is 13.4. The molecule has 0 aromatic heterocycles. The van der Waals surface area contributed by atoms with Crippen molar-refractivity contribution in [1.82, 2.24) is 0 Å². The van der Waals surface area contributed by atoms with Crippen LogP contribution in [0.25, 0.3) is 0 Å². The molecule has 1 unspecified atom stereocenters. The molecule has 126 valence electrons. The number of rotatable bonds is 6. The van der Waals surface area contributed by atoms with Crippen LogP contribution in [0.4, 0.5) is 10.1 Å². The fraction of sp³-hybridized carbons (Fsp3) is 0.222. The maximum absolute atomic E-state index is 13.2. The molecule has 0 aliphatic rings. The molecule has 1 N–H and O–H groups in total. The fourth-order valence-corrected chi connectivity index (χ4v) is 2.06. The minimum absolute atomic E-state index is 0.313. The number of methoxy groups -OCH3 is 1. The Balaban J connectivity index is 1.94. The second-order valence-corrected chi connectivity index (χ2v) is 5.14. The molecule has 5 nitrogen and oxygen atoms in total. The van der Waals surface area contributed by atoms with E-state index in [1.54, 1.807) is 36.4 Å². The Labute approximate surface area is 139 Å². The van der Waals surface area contributed by atoms with Gasteiger partial charge in [0.2, 0.25) is 5.91 Å². The first-order valence-electron chi connectivity index (χ1n) is 7.37. The van der Waals surface area contributed by atoms with E-state index in [0.717, 1.165) is 5.56 Å². The summed E-state index contributed by atoms with van der Waals surface area (Å²) in [7, 11) is 1.22. The van der Waals surface area contributed by atoms with Crippen molar-refractivity contribution in [2.24, 2.45) is 0 Å². The molecular weight excluding hydrogens is 313 g/mol. The van der Waals surface area contributed by atoms with Crippen LogP contribution in [0.5, 0.6) is 5.75 Å². The van der Waals surface area contributed by atoms with Crippen LogP contribution in [0, 0.1) is 5.82 Å². The van der Waals surface area contributed by atoms with Crippen molar-refractivity contribution in [3.05, 3.63) is 59.9 Å². The van der Waals surface area contributed by atoms with Crippen molar-refractivity contribution in [3.63, 3.8) is 0 Å². The lowest BCUT2D eigenvalue weighted by Gasteiger charge is -2.15. The molecule has 0 spiro atoms. The number of halogens is 1. The quantitative estimate of drug-likeness (QED) is 0.650. The van der Waals surface area contributed by atoms with Gasteiger partial charge in [-0.3, -0.25) is 9.59 Å². The van der Waals surface area contributed by atoms with E-state index in [9.17, 15) is 14.0 Å². The van der Waals surface area contributed by atoms with Gasteiger partial charge in [-0.15, -0.1) is 0 Å². The van der Waals surface area contributed by atoms with E-state index in [4.69, 9.17) is 4.74 Å². The zero-order chi connectivity index (χ0) is 17.5. The van der Waals surface area contributed by atoms with Gasteiger partial charge >= 0.3 is 5.97 Å². The standard InChI is InChI=1S/C18H18FNO4/c1-12(13-4-3-5-14(19)10-13)24-16-8-6-15(7-9-16)20-17(21)11-18(22)23-2/h3-10,12H,11H2,1-2H3,(H,20,21). The zero-order valence-electron chi connectivity index (χ0n) is 13.4. The average molecular weight is 331 g/mol. The van der Waals surface area contributed by atoms with Crippen molar-refractivity contribution in [3.8, 4) is 5.75 Å². The Bertz CT molecular complexity index is 715. The Morgan fingerprint density at radius 1 is 1.17 bits per heavy atom. The van der Waals surface area contributed by atoms with Gasteiger partial charge in [-0.25, -0.2) is 4.39 Å². The van der Waals surface area contributed by atoms with E-state index >= 15 is 0 Å². The van der Waals surface area contributed by atoms with Crippen molar-refractivity contribution in [2.45, 2.75) is 19.4 Å². The number of anilines is 1. The van der Waals surface area contributed by atoms with Crippen LogP contribution < -0.4 is 10.1 Å². The van der Waals surface area contributed by atoms with E-state index in [-0.39, 0.29) is 18.3 Å². The Morgan fingerprint density at radius 3 is 2.50 bits per heavy atom. The summed E-state index contributed by atoms with van der Waals surface area (Å²) in [6, 6.07) is 12.9. The summed E-state index contributed by atoms with van der Waals surface area (Å²) in [6.45, 7) is 1.82. The Morgan fingerprint density at radius 2 is 1.88 bits per heavy atom. The Kier molecular flexibility index (Phi) is 5.89. The van der Waals surface area contributed by atoms with Gasteiger partial charge in [-0.2, -0.15) is 0 Å². The van der Waals surface area contributed by atoms with Crippen LogP contribution in [0.2, 0.25) is 0 Å². The van der Waals surface area contributed by atoms with Gasteiger partial charge in [0, 0.05) is 5.69 Å². The van der Waals surface area contributed by atoms with E-state index < -0.39 is 11.9 Å². The average Bonchev–Trinajstić information content (AvgIpc) is 2.56. The molecule has 0 saturated heterocycles. The predicted molar refractivity (Wildman–Crippen MR) is 87.1 cm³/mol. The topological polar surface area (TPSA) is 64.6 Å². The van der Waals surface area contributed by atoms with Gasteiger partial charge in [-0.05, 0) is 48.9 Å². The first-order valence-corrected chi connectivity index (χ1v) is 7.37. The number of ether oxygens (including phenoxy) is 2. The lowest BCUT2D eigenvalue weighted by Crippen LogP contribution is -2.17. The third-order valence-electron chi connectivity index (χ3n) is 3.30. The number of esters is 1. The summed E-state index contributed by atoms with van der Waals surface area (Å²) in [5.41, 5.74) is 1.26. The number of benzene rings is 2. The molecule has 0 bridgehead atoms. The van der Waals surface area contributed by atoms with Crippen LogP contribution in [0.15, 0.2) is 48.5 Å². The van der Waals surface area contributed by atoms with E-state index in [2.05, 4.69) is 10.1 Å². The van der Waals surface area contributed by atoms with Gasteiger partial charge in [-0.1, -0.05) is 12.1 Å². The van der Waals surface area contributed by atoms with Gasteiger partial charge in [0.1, 0.15) is 24.1 Å². The number of amides is 1. The Hall–Kier alpha value is -2.89. The molecule has 0 saturated carbocycles. The number of carbonyl (C=O) groups excluding carboxylic acids is 2. The summed E-state index contributed by atoms with van der Waals surface area (Å²) in [4.78, 5) is 22.6. The third kappa shape index (κ3) is 5.08. The number of hydrogen-bond acceptors (Lipinski definition) is 4. The summed E-state index contributed by atoms with van der Waals surface area (Å²) < 4.78 is 23.4. The molecule has 0 radical (unpaired) electrons. The molecule has 2 aromatic carbocycles. The second kappa shape index (κ2) is 8.10. The van der Waals surface area contributed by atoms with Gasteiger partial charge in [0.05, 0.1) is 7.11 Å². The molecule has 1 atom stereocenters. The van der Waals surface area contributed by atoms with Crippen LogP contribution in [-0.2, 0) is 14.3 Å². The van der Waals surface area contributed by atoms with Gasteiger partial charge in [0.15, 0.2) is 0 Å². The SMILES string of the molecule is COC(=O)CC(=O)Nc1ccc(OC(C)c2cccc(F)c2)cc1. The summed E-state index contributed by atoms with van der Waals surface area (Å²) >= 11 is 0. The van der Waals surface area contributed by atoms with Crippen LogP contribution in [0.3, 0.4) is 0 Å². The van der Waals surface area contributed by atoms with Crippen LogP contribution in [-0.4, -0.2) is 19.0 Å². The number of nitrogens with one attached hydrogen (secondary N) is 1. The summed E-state index contributed by atoms with van der Waals surface area (Å²) in [6.07, 6.45) is -0.661. The first-order chi connectivity index (χ1) is 11.5. The van der Waals surface area contributed by atoms with Gasteiger partial charge < -0.3 is 14.8 Å². The summed E-state index contributed by atoms with van der Waals surface area (Å²) in [5, 5.41) is 2.58. The number of carbonyl (C=O) groups is 2. The predicted octanol–water partition coefficient (Wildman–Crippen LogP) is 3.47. The smallest absolute Gasteiger partial charge is 0.315 e. The third-order valence-corrected chi connectivity index (χ3v) is 3.30. The van der Waals surface area contributed by atoms with E-state index in [1.165, 1.54) is 19.2 Å². The van der Waals surface area contributed by atoms with Crippen molar-refractivity contribution in [1.29, 1.82) is 0 Å².